The molecule has 1 aliphatic rings. The Labute approximate surface area is 199 Å². The fraction of sp³-hybridized carbons (Fsp3) is 0.207. The molecular weight excluding hydrogens is 420 g/mol. The molecule has 1 N–H and O–H groups in total. The molecular formula is C29H28N4O. The van der Waals surface area contributed by atoms with Crippen LogP contribution in [0.25, 0.3) is 11.3 Å². The lowest BCUT2D eigenvalue weighted by molar-refractivity contribution is 0.436. The summed E-state index contributed by atoms with van der Waals surface area (Å²) in [5.41, 5.74) is 8.60. The van der Waals surface area contributed by atoms with Crippen molar-refractivity contribution >= 4 is 12.2 Å². The van der Waals surface area contributed by atoms with E-state index in [1.54, 1.807) is 10.8 Å². The summed E-state index contributed by atoms with van der Waals surface area (Å²) in [4.78, 5) is 19.1. The Morgan fingerprint density at radius 3 is 2.41 bits per heavy atom. The van der Waals surface area contributed by atoms with Crippen LogP contribution in [0.15, 0.2) is 94.8 Å². The maximum Gasteiger partial charge on any atom is 0.259 e. The Bertz CT molecular complexity index is 1390. The molecule has 0 saturated heterocycles. The normalized spacial score (nSPS) is 16.8. The summed E-state index contributed by atoms with van der Waals surface area (Å²) in [6.07, 6.45) is 3.42. The summed E-state index contributed by atoms with van der Waals surface area (Å²) in [5.74, 6) is 0.440. The summed E-state index contributed by atoms with van der Waals surface area (Å²) in [7, 11) is 0. The molecule has 34 heavy (non-hydrogen) atoms. The van der Waals surface area contributed by atoms with E-state index >= 15 is 0 Å². The SMILES string of the molecule is CCC1(C)Cc2ccccc2-c2nc(NN=Cc3ccccc3)n(Cc3ccccc3)c(=O)c21. The van der Waals surface area contributed by atoms with Crippen molar-refractivity contribution in [1.29, 1.82) is 0 Å². The van der Waals surface area contributed by atoms with Crippen LogP contribution in [0.5, 0.6) is 0 Å². The van der Waals surface area contributed by atoms with Gasteiger partial charge in [-0.05, 0) is 29.5 Å². The molecule has 1 aliphatic carbocycles. The standard InChI is InChI=1S/C29H28N4O/c1-3-29(2)18-23-16-10-11-17-24(23)26-25(29)27(34)33(20-22-14-8-5-9-15-22)28(31-26)32-30-19-21-12-6-4-7-13-21/h4-17,19H,3,18,20H2,1-2H3,(H,31,32). The van der Waals surface area contributed by atoms with Crippen LogP contribution in [-0.4, -0.2) is 15.8 Å². The van der Waals surface area contributed by atoms with E-state index in [0.717, 1.165) is 40.8 Å². The first-order valence-corrected chi connectivity index (χ1v) is 11.7. The largest absolute Gasteiger partial charge is 0.273 e. The van der Waals surface area contributed by atoms with Crippen molar-refractivity contribution < 1.29 is 0 Å². The van der Waals surface area contributed by atoms with Gasteiger partial charge in [0.25, 0.3) is 5.56 Å². The van der Waals surface area contributed by atoms with Crippen molar-refractivity contribution in [3.05, 3.63) is 118 Å². The molecule has 0 aliphatic heterocycles. The molecule has 1 unspecified atom stereocenters. The minimum Gasteiger partial charge on any atom is -0.273 e. The van der Waals surface area contributed by atoms with Gasteiger partial charge in [0.1, 0.15) is 0 Å². The van der Waals surface area contributed by atoms with E-state index in [-0.39, 0.29) is 11.0 Å². The molecule has 0 saturated carbocycles. The molecule has 0 amide bonds. The molecule has 1 atom stereocenters. The van der Waals surface area contributed by atoms with E-state index in [4.69, 9.17) is 4.98 Å². The second kappa shape index (κ2) is 9.10. The lowest BCUT2D eigenvalue weighted by Crippen LogP contribution is -2.40. The first kappa shape index (κ1) is 21.8. The van der Waals surface area contributed by atoms with Gasteiger partial charge in [-0.1, -0.05) is 98.8 Å². The van der Waals surface area contributed by atoms with Crippen LogP contribution in [0.3, 0.4) is 0 Å². The number of nitrogens with one attached hydrogen (secondary N) is 1. The van der Waals surface area contributed by atoms with E-state index in [9.17, 15) is 4.79 Å². The van der Waals surface area contributed by atoms with Gasteiger partial charge in [0.05, 0.1) is 24.0 Å². The van der Waals surface area contributed by atoms with E-state index in [1.165, 1.54) is 5.56 Å². The minimum atomic E-state index is -0.280. The zero-order valence-electron chi connectivity index (χ0n) is 19.5. The Morgan fingerprint density at radius 2 is 1.68 bits per heavy atom. The highest BCUT2D eigenvalue weighted by molar-refractivity contribution is 5.80. The molecule has 4 aromatic rings. The van der Waals surface area contributed by atoms with Crippen LogP contribution >= 0.6 is 0 Å². The summed E-state index contributed by atoms with van der Waals surface area (Å²) in [6.45, 7) is 4.75. The number of fused-ring (bicyclic) bond motifs is 3. The lowest BCUT2D eigenvalue weighted by Gasteiger charge is -2.35. The van der Waals surface area contributed by atoms with Crippen molar-refractivity contribution in [2.75, 3.05) is 5.43 Å². The number of hydrogen-bond donors (Lipinski definition) is 1. The second-order valence-electron chi connectivity index (χ2n) is 9.06. The topological polar surface area (TPSA) is 59.3 Å². The third kappa shape index (κ3) is 4.05. The van der Waals surface area contributed by atoms with E-state index < -0.39 is 0 Å². The number of aromatic nitrogens is 2. The summed E-state index contributed by atoms with van der Waals surface area (Å²) in [5, 5.41) is 4.42. The maximum atomic E-state index is 14.1. The van der Waals surface area contributed by atoms with Crippen LogP contribution in [0.1, 0.15) is 42.5 Å². The highest BCUT2D eigenvalue weighted by atomic mass is 16.1. The van der Waals surface area contributed by atoms with Gasteiger partial charge >= 0.3 is 0 Å². The zero-order valence-corrected chi connectivity index (χ0v) is 19.5. The summed E-state index contributed by atoms with van der Waals surface area (Å²) >= 11 is 0. The highest BCUT2D eigenvalue weighted by Crippen LogP contribution is 2.42. The third-order valence-electron chi connectivity index (χ3n) is 6.77. The number of nitrogens with zero attached hydrogens (tertiary/aromatic N) is 3. The van der Waals surface area contributed by atoms with Crippen LogP contribution in [0, 0.1) is 0 Å². The van der Waals surface area contributed by atoms with Gasteiger partial charge in [-0.15, -0.1) is 0 Å². The molecule has 0 bridgehead atoms. The Morgan fingerprint density at radius 1 is 1.00 bits per heavy atom. The predicted molar refractivity (Wildman–Crippen MR) is 138 cm³/mol. The quantitative estimate of drug-likeness (QED) is 0.307. The van der Waals surface area contributed by atoms with Gasteiger partial charge in [0, 0.05) is 11.0 Å². The number of rotatable bonds is 6. The van der Waals surface area contributed by atoms with Gasteiger partial charge in [-0.2, -0.15) is 5.10 Å². The Balaban J connectivity index is 1.67. The maximum absolute atomic E-state index is 14.1. The third-order valence-corrected chi connectivity index (χ3v) is 6.77. The predicted octanol–water partition coefficient (Wildman–Crippen LogP) is 5.63. The van der Waals surface area contributed by atoms with Gasteiger partial charge < -0.3 is 0 Å². The Kier molecular flexibility index (Phi) is 5.84. The average Bonchev–Trinajstić information content (AvgIpc) is 2.87. The van der Waals surface area contributed by atoms with Crippen molar-refractivity contribution in [2.24, 2.45) is 5.10 Å². The summed E-state index contributed by atoms with van der Waals surface area (Å²) < 4.78 is 1.72. The van der Waals surface area contributed by atoms with Crippen molar-refractivity contribution in [3.8, 4) is 11.3 Å². The van der Waals surface area contributed by atoms with E-state index in [1.807, 2.05) is 66.7 Å². The molecule has 0 radical (unpaired) electrons. The van der Waals surface area contributed by atoms with E-state index in [2.05, 4.69) is 42.6 Å². The molecule has 1 heterocycles. The number of anilines is 1. The molecule has 170 valence electrons. The molecule has 0 fully saturated rings. The van der Waals surface area contributed by atoms with Crippen LogP contribution < -0.4 is 11.0 Å². The molecule has 5 heteroatoms. The molecule has 0 spiro atoms. The first-order valence-electron chi connectivity index (χ1n) is 11.7. The van der Waals surface area contributed by atoms with Crippen molar-refractivity contribution in [2.45, 2.75) is 38.6 Å². The Hall–Kier alpha value is -3.99. The smallest absolute Gasteiger partial charge is 0.259 e. The van der Waals surface area contributed by atoms with Crippen LogP contribution in [0.2, 0.25) is 0 Å². The zero-order chi connectivity index (χ0) is 23.5. The van der Waals surface area contributed by atoms with Crippen LogP contribution in [0.4, 0.5) is 5.95 Å². The molecule has 3 aromatic carbocycles. The first-order chi connectivity index (χ1) is 16.6. The van der Waals surface area contributed by atoms with Crippen LogP contribution in [-0.2, 0) is 18.4 Å². The van der Waals surface area contributed by atoms with Gasteiger partial charge in [-0.25, -0.2) is 10.4 Å². The second-order valence-corrected chi connectivity index (χ2v) is 9.06. The van der Waals surface area contributed by atoms with Gasteiger partial charge in [-0.3, -0.25) is 9.36 Å². The molecule has 1 aromatic heterocycles. The number of hydrogen-bond acceptors (Lipinski definition) is 4. The summed E-state index contributed by atoms with van der Waals surface area (Å²) in [6, 6.07) is 28.1. The molecule has 5 rings (SSSR count). The highest BCUT2D eigenvalue weighted by Gasteiger charge is 2.38. The van der Waals surface area contributed by atoms with Crippen molar-refractivity contribution in [3.63, 3.8) is 0 Å². The average molecular weight is 449 g/mol. The van der Waals surface area contributed by atoms with Crippen molar-refractivity contribution in [1.82, 2.24) is 9.55 Å². The van der Waals surface area contributed by atoms with E-state index in [0.29, 0.717) is 12.5 Å². The lowest BCUT2D eigenvalue weighted by atomic mass is 9.69. The van der Waals surface area contributed by atoms with Gasteiger partial charge in [0.15, 0.2) is 0 Å². The monoisotopic (exact) mass is 448 g/mol. The van der Waals surface area contributed by atoms with Gasteiger partial charge in [0.2, 0.25) is 5.95 Å². The fourth-order valence-corrected chi connectivity index (χ4v) is 4.71. The molecule has 5 nitrogen and oxygen atoms in total. The number of benzene rings is 3. The fourth-order valence-electron chi connectivity index (χ4n) is 4.71. The number of hydrazone groups is 1. The minimum absolute atomic E-state index is 0.00915.